The van der Waals surface area contributed by atoms with Gasteiger partial charge < -0.3 is 5.11 Å². The number of ketones is 1. The van der Waals surface area contributed by atoms with Crippen LogP contribution in [0.2, 0.25) is 0 Å². The molecule has 1 rings (SSSR count). The van der Waals surface area contributed by atoms with E-state index in [9.17, 15) is 9.90 Å². The highest BCUT2D eigenvalue weighted by Gasteiger charge is 2.06. The zero-order valence-electron chi connectivity index (χ0n) is 10.7. The SMILES string of the molecule is CC(=O)c1ccc(O)c(CSCCC(C)C)c1. The molecule has 0 atom stereocenters. The second-order valence-electron chi connectivity index (χ2n) is 4.63. The first kappa shape index (κ1) is 14.1. The number of rotatable bonds is 6. The molecular formula is C14H20O2S. The average Bonchev–Trinajstić information content (AvgIpc) is 2.25. The van der Waals surface area contributed by atoms with Crippen LogP contribution in [0.3, 0.4) is 0 Å². The molecule has 2 nitrogen and oxygen atoms in total. The van der Waals surface area contributed by atoms with E-state index in [-0.39, 0.29) is 11.5 Å². The molecule has 0 bridgehead atoms. The summed E-state index contributed by atoms with van der Waals surface area (Å²) in [5.41, 5.74) is 1.52. The minimum atomic E-state index is 0.0402. The van der Waals surface area contributed by atoms with Crippen LogP contribution < -0.4 is 0 Å². The average molecular weight is 252 g/mol. The Kier molecular flexibility index (Phi) is 5.56. The van der Waals surface area contributed by atoms with Gasteiger partial charge in [-0.25, -0.2) is 0 Å². The normalized spacial score (nSPS) is 10.8. The standard InChI is InChI=1S/C14H20O2S/c1-10(2)6-7-17-9-13-8-12(11(3)15)4-5-14(13)16/h4-5,8,10,16H,6-7,9H2,1-3H3. The highest BCUT2D eigenvalue weighted by molar-refractivity contribution is 7.98. The summed E-state index contributed by atoms with van der Waals surface area (Å²) in [5, 5.41) is 9.70. The highest BCUT2D eigenvalue weighted by Crippen LogP contribution is 2.24. The molecule has 0 amide bonds. The Bertz CT molecular complexity index is 386. The van der Waals surface area contributed by atoms with Crippen molar-refractivity contribution in [1.82, 2.24) is 0 Å². The largest absolute Gasteiger partial charge is 0.508 e. The number of benzene rings is 1. The second-order valence-corrected chi connectivity index (χ2v) is 5.74. The lowest BCUT2D eigenvalue weighted by atomic mass is 10.1. The summed E-state index contributed by atoms with van der Waals surface area (Å²) in [7, 11) is 0. The van der Waals surface area contributed by atoms with Gasteiger partial charge in [0, 0.05) is 16.9 Å². The fourth-order valence-corrected chi connectivity index (χ4v) is 2.65. The van der Waals surface area contributed by atoms with E-state index in [4.69, 9.17) is 0 Å². The van der Waals surface area contributed by atoms with Crippen LogP contribution in [0, 0.1) is 5.92 Å². The van der Waals surface area contributed by atoms with Crippen molar-refractivity contribution in [3.05, 3.63) is 29.3 Å². The number of thioether (sulfide) groups is 1. The van der Waals surface area contributed by atoms with Gasteiger partial charge in [-0.15, -0.1) is 0 Å². The summed E-state index contributed by atoms with van der Waals surface area (Å²) in [6.07, 6.45) is 1.18. The first-order valence-electron chi connectivity index (χ1n) is 5.91. The first-order chi connectivity index (χ1) is 8.00. The number of phenolic OH excluding ortho intramolecular Hbond substituents is 1. The van der Waals surface area contributed by atoms with Crippen molar-refractivity contribution in [3.63, 3.8) is 0 Å². The minimum absolute atomic E-state index is 0.0402. The number of carbonyl (C=O) groups is 1. The van der Waals surface area contributed by atoms with E-state index in [0.717, 1.165) is 17.1 Å². The molecular weight excluding hydrogens is 232 g/mol. The van der Waals surface area contributed by atoms with Crippen LogP contribution in [-0.2, 0) is 5.75 Å². The molecule has 94 valence electrons. The van der Waals surface area contributed by atoms with E-state index in [1.54, 1.807) is 36.9 Å². The summed E-state index contributed by atoms with van der Waals surface area (Å²) in [4.78, 5) is 11.2. The molecule has 3 heteroatoms. The van der Waals surface area contributed by atoms with Crippen molar-refractivity contribution in [2.24, 2.45) is 5.92 Å². The zero-order chi connectivity index (χ0) is 12.8. The van der Waals surface area contributed by atoms with Crippen molar-refractivity contribution < 1.29 is 9.90 Å². The van der Waals surface area contributed by atoms with Gasteiger partial charge in [-0.05, 0) is 43.2 Å². The van der Waals surface area contributed by atoms with Gasteiger partial charge in [0.2, 0.25) is 0 Å². The Morgan fingerprint density at radius 1 is 1.41 bits per heavy atom. The fourth-order valence-electron chi connectivity index (χ4n) is 1.42. The molecule has 0 saturated heterocycles. The number of hydrogen-bond donors (Lipinski definition) is 1. The molecule has 0 radical (unpaired) electrons. The molecule has 0 unspecified atom stereocenters. The summed E-state index contributed by atoms with van der Waals surface area (Å²) >= 11 is 1.80. The highest BCUT2D eigenvalue weighted by atomic mass is 32.2. The van der Waals surface area contributed by atoms with Gasteiger partial charge in [0.1, 0.15) is 5.75 Å². The van der Waals surface area contributed by atoms with Crippen molar-refractivity contribution in [1.29, 1.82) is 0 Å². The summed E-state index contributed by atoms with van der Waals surface area (Å²) in [6.45, 7) is 5.95. The Morgan fingerprint density at radius 3 is 2.71 bits per heavy atom. The summed E-state index contributed by atoms with van der Waals surface area (Å²) < 4.78 is 0. The minimum Gasteiger partial charge on any atom is -0.508 e. The van der Waals surface area contributed by atoms with E-state index in [2.05, 4.69) is 13.8 Å². The van der Waals surface area contributed by atoms with E-state index in [1.807, 2.05) is 0 Å². The van der Waals surface area contributed by atoms with Crippen LogP contribution >= 0.6 is 11.8 Å². The molecule has 17 heavy (non-hydrogen) atoms. The first-order valence-corrected chi connectivity index (χ1v) is 7.06. The number of aromatic hydroxyl groups is 1. The van der Waals surface area contributed by atoms with Crippen molar-refractivity contribution >= 4 is 17.5 Å². The van der Waals surface area contributed by atoms with Gasteiger partial charge in [0.05, 0.1) is 0 Å². The predicted octanol–water partition coefficient (Wildman–Crippen LogP) is 3.87. The smallest absolute Gasteiger partial charge is 0.159 e. The molecule has 0 aliphatic carbocycles. The fraction of sp³-hybridized carbons (Fsp3) is 0.500. The van der Waals surface area contributed by atoms with Crippen LogP contribution in [-0.4, -0.2) is 16.6 Å². The lowest BCUT2D eigenvalue weighted by Crippen LogP contribution is -1.95. The van der Waals surface area contributed by atoms with Gasteiger partial charge in [-0.1, -0.05) is 13.8 Å². The van der Waals surface area contributed by atoms with Crippen LogP contribution in [0.5, 0.6) is 5.75 Å². The van der Waals surface area contributed by atoms with Crippen LogP contribution in [0.1, 0.15) is 43.1 Å². The van der Waals surface area contributed by atoms with E-state index >= 15 is 0 Å². The number of hydrogen-bond acceptors (Lipinski definition) is 3. The molecule has 1 N–H and O–H groups in total. The Balaban J connectivity index is 2.57. The van der Waals surface area contributed by atoms with Crippen molar-refractivity contribution in [3.8, 4) is 5.75 Å². The lowest BCUT2D eigenvalue weighted by Gasteiger charge is -2.07. The van der Waals surface area contributed by atoms with Crippen LogP contribution in [0.4, 0.5) is 0 Å². The van der Waals surface area contributed by atoms with Crippen LogP contribution in [0.25, 0.3) is 0 Å². The van der Waals surface area contributed by atoms with Gasteiger partial charge in [0.15, 0.2) is 5.78 Å². The van der Waals surface area contributed by atoms with E-state index in [1.165, 1.54) is 6.42 Å². The predicted molar refractivity (Wildman–Crippen MR) is 73.7 cm³/mol. The Labute approximate surface area is 107 Å². The zero-order valence-corrected chi connectivity index (χ0v) is 11.5. The Hall–Kier alpha value is -0.960. The number of carbonyl (C=O) groups excluding carboxylic acids is 1. The monoisotopic (exact) mass is 252 g/mol. The topological polar surface area (TPSA) is 37.3 Å². The number of Topliss-reactive ketones (excluding diaryl/α,β-unsaturated/α-hetero) is 1. The van der Waals surface area contributed by atoms with Gasteiger partial charge >= 0.3 is 0 Å². The van der Waals surface area contributed by atoms with E-state index in [0.29, 0.717) is 11.5 Å². The molecule has 0 saturated carbocycles. The van der Waals surface area contributed by atoms with Crippen molar-refractivity contribution in [2.75, 3.05) is 5.75 Å². The lowest BCUT2D eigenvalue weighted by molar-refractivity contribution is 0.101. The maximum absolute atomic E-state index is 11.2. The van der Waals surface area contributed by atoms with Gasteiger partial charge in [0.25, 0.3) is 0 Å². The molecule has 1 aromatic rings. The number of phenols is 1. The van der Waals surface area contributed by atoms with Crippen molar-refractivity contribution in [2.45, 2.75) is 32.9 Å². The molecule has 0 aromatic heterocycles. The maximum atomic E-state index is 11.2. The summed E-state index contributed by atoms with van der Waals surface area (Å²) in [6, 6.07) is 5.06. The third kappa shape index (κ3) is 4.82. The molecule has 0 fully saturated rings. The molecule has 0 aliphatic heterocycles. The quantitative estimate of drug-likeness (QED) is 0.617. The molecule has 0 aliphatic rings. The molecule has 0 heterocycles. The van der Waals surface area contributed by atoms with Crippen LogP contribution in [0.15, 0.2) is 18.2 Å². The molecule has 1 aromatic carbocycles. The maximum Gasteiger partial charge on any atom is 0.159 e. The summed E-state index contributed by atoms with van der Waals surface area (Å²) in [5.74, 6) is 2.88. The third-order valence-electron chi connectivity index (χ3n) is 2.58. The van der Waals surface area contributed by atoms with E-state index < -0.39 is 0 Å². The van der Waals surface area contributed by atoms with Gasteiger partial charge in [-0.2, -0.15) is 11.8 Å². The molecule has 0 spiro atoms. The second kappa shape index (κ2) is 6.70. The van der Waals surface area contributed by atoms with Gasteiger partial charge in [-0.3, -0.25) is 4.79 Å². The third-order valence-corrected chi connectivity index (χ3v) is 3.62. The Morgan fingerprint density at radius 2 is 2.12 bits per heavy atom.